The first-order valence-electron chi connectivity index (χ1n) is 4.54. The number of hydrogen-bond donors (Lipinski definition) is 0. The van der Waals surface area contributed by atoms with E-state index >= 15 is 0 Å². The van der Waals surface area contributed by atoms with Gasteiger partial charge in [0, 0.05) is 13.4 Å². The van der Waals surface area contributed by atoms with Crippen LogP contribution in [0.2, 0.25) is 0 Å². The average molecular weight is 407 g/mol. The molecule has 4 heteroatoms. The summed E-state index contributed by atoms with van der Waals surface area (Å²) in [5.41, 5.74) is 0. The normalized spacial score (nSPS) is 10.2. The topological polar surface area (TPSA) is 9.23 Å². The van der Waals surface area contributed by atoms with Crippen molar-refractivity contribution in [1.82, 2.24) is 0 Å². The number of rotatable bonds is 2. The van der Waals surface area contributed by atoms with Gasteiger partial charge in [-0.2, -0.15) is 0 Å². The smallest absolute Gasteiger partial charge is 0.129 e. The van der Waals surface area contributed by atoms with Crippen LogP contribution in [-0.2, 0) is 0 Å². The highest BCUT2D eigenvalue weighted by Gasteiger charge is 2.06. The Kier molecular flexibility index (Phi) is 4.05. The van der Waals surface area contributed by atoms with Crippen molar-refractivity contribution in [3.05, 3.63) is 55.9 Å². The molecule has 0 radical (unpaired) electrons. The Labute approximate surface area is 119 Å². The van der Waals surface area contributed by atoms with E-state index in [-0.39, 0.29) is 0 Å². The van der Waals surface area contributed by atoms with Gasteiger partial charge in [0.2, 0.25) is 0 Å². The summed E-state index contributed by atoms with van der Waals surface area (Å²) in [7, 11) is 0. The summed E-state index contributed by atoms with van der Waals surface area (Å²) in [5.74, 6) is 1.61. The first-order chi connectivity index (χ1) is 7.66. The van der Waals surface area contributed by atoms with E-state index in [4.69, 9.17) is 4.74 Å². The van der Waals surface area contributed by atoms with Crippen molar-refractivity contribution >= 4 is 47.8 Å². The number of para-hydroxylation sites is 1. The zero-order valence-corrected chi connectivity index (χ0v) is 12.8. The molecule has 0 aliphatic carbocycles. The number of halogens is 3. The zero-order valence-electron chi connectivity index (χ0n) is 8.08. The van der Waals surface area contributed by atoms with Crippen LogP contribution < -0.4 is 4.74 Å². The van der Waals surface area contributed by atoms with Crippen LogP contribution in [0.25, 0.3) is 0 Å². The molecule has 82 valence electrons. The van der Waals surface area contributed by atoms with Crippen molar-refractivity contribution in [2.75, 3.05) is 0 Å². The highest BCUT2D eigenvalue weighted by Crippen LogP contribution is 2.36. The average Bonchev–Trinajstić information content (AvgIpc) is 2.27. The lowest BCUT2D eigenvalue weighted by molar-refractivity contribution is 0.482. The van der Waals surface area contributed by atoms with Gasteiger partial charge in [0.05, 0.1) is 0 Å². The van der Waals surface area contributed by atoms with Crippen LogP contribution in [0.5, 0.6) is 11.5 Å². The molecule has 0 heterocycles. The lowest BCUT2D eigenvalue weighted by Crippen LogP contribution is -1.84. The van der Waals surface area contributed by atoms with Gasteiger partial charge in [-0.3, -0.25) is 0 Å². The standard InChI is InChI=1S/C12H7Br3O/c13-10-6-9(7-11(14)12(10)15)16-8-4-2-1-3-5-8/h1-7H. The molecule has 1 nitrogen and oxygen atoms in total. The van der Waals surface area contributed by atoms with Crippen molar-refractivity contribution in [2.24, 2.45) is 0 Å². The zero-order chi connectivity index (χ0) is 11.5. The maximum Gasteiger partial charge on any atom is 0.129 e. The van der Waals surface area contributed by atoms with Crippen molar-refractivity contribution in [1.29, 1.82) is 0 Å². The van der Waals surface area contributed by atoms with Gasteiger partial charge in [0.1, 0.15) is 11.5 Å². The fourth-order valence-corrected chi connectivity index (χ4v) is 2.59. The van der Waals surface area contributed by atoms with E-state index in [1.165, 1.54) is 0 Å². The van der Waals surface area contributed by atoms with Crippen LogP contribution in [0.15, 0.2) is 55.9 Å². The largest absolute Gasteiger partial charge is 0.457 e. The van der Waals surface area contributed by atoms with E-state index in [2.05, 4.69) is 47.8 Å². The van der Waals surface area contributed by atoms with Crippen LogP contribution >= 0.6 is 47.8 Å². The summed E-state index contributed by atoms with van der Waals surface area (Å²) in [6.07, 6.45) is 0. The second kappa shape index (κ2) is 5.34. The van der Waals surface area contributed by atoms with Gasteiger partial charge in [-0.05, 0) is 72.1 Å². The Bertz CT molecular complexity index is 474. The molecule has 0 unspecified atom stereocenters. The van der Waals surface area contributed by atoms with E-state index < -0.39 is 0 Å². The van der Waals surface area contributed by atoms with Crippen LogP contribution in [0.3, 0.4) is 0 Å². The summed E-state index contributed by atoms with van der Waals surface area (Å²) in [5, 5.41) is 0. The van der Waals surface area contributed by atoms with Gasteiger partial charge in [-0.1, -0.05) is 18.2 Å². The Balaban J connectivity index is 2.29. The summed E-state index contributed by atoms with van der Waals surface area (Å²) in [4.78, 5) is 0. The second-order valence-corrected chi connectivity index (χ2v) is 5.62. The van der Waals surface area contributed by atoms with Crippen LogP contribution in [0.4, 0.5) is 0 Å². The van der Waals surface area contributed by atoms with Gasteiger partial charge in [0.15, 0.2) is 0 Å². The summed E-state index contributed by atoms with van der Waals surface area (Å²) in [6.45, 7) is 0. The quantitative estimate of drug-likeness (QED) is 0.575. The molecule has 0 bridgehead atoms. The molecule has 0 aromatic heterocycles. The lowest BCUT2D eigenvalue weighted by atomic mass is 10.3. The Morgan fingerprint density at radius 3 is 1.88 bits per heavy atom. The first kappa shape index (κ1) is 12.1. The van der Waals surface area contributed by atoms with E-state index in [9.17, 15) is 0 Å². The summed E-state index contributed by atoms with van der Waals surface area (Å²) in [6, 6.07) is 13.5. The predicted molar refractivity (Wildman–Crippen MR) is 76.1 cm³/mol. The third-order valence-electron chi connectivity index (χ3n) is 1.94. The fraction of sp³-hybridized carbons (Fsp3) is 0. The molecule has 0 N–H and O–H groups in total. The number of benzene rings is 2. The molecular formula is C12H7Br3O. The first-order valence-corrected chi connectivity index (χ1v) is 6.92. The minimum Gasteiger partial charge on any atom is -0.457 e. The van der Waals surface area contributed by atoms with Crippen LogP contribution in [0.1, 0.15) is 0 Å². The molecule has 2 aromatic rings. The van der Waals surface area contributed by atoms with Gasteiger partial charge in [0.25, 0.3) is 0 Å². The molecule has 0 atom stereocenters. The van der Waals surface area contributed by atoms with Crippen molar-refractivity contribution in [3.63, 3.8) is 0 Å². The molecule has 0 amide bonds. The fourth-order valence-electron chi connectivity index (χ4n) is 1.22. The van der Waals surface area contributed by atoms with E-state index in [0.29, 0.717) is 0 Å². The Hall–Kier alpha value is -0.320. The van der Waals surface area contributed by atoms with Crippen molar-refractivity contribution in [2.45, 2.75) is 0 Å². The highest BCUT2D eigenvalue weighted by atomic mass is 79.9. The summed E-state index contributed by atoms with van der Waals surface area (Å²) < 4.78 is 8.60. The van der Waals surface area contributed by atoms with E-state index in [1.54, 1.807) is 0 Å². The molecule has 0 aliphatic rings. The maximum atomic E-state index is 5.71. The van der Waals surface area contributed by atoms with Gasteiger partial charge >= 0.3 is 0 Å². The lowest BCUT2D eigenvalue weighted by Gasteiger charge is -2.08. The third-order valence-corrected chi connectivity index (χ3v) is 5.11. The molecule has 2 aromatic carbocycles. The minimum absolute atomic E-state index is 0.785. The van der Waals surface area contributed by atoms with Crippen LogP contribution in [-0.4, -0.2) is 0 Å². The van der Waals surface area contributed by atoms with Gasteiger partial charge in [-0.25, -0.2) is 0 Å². The minimum atomic E-state index is 0.785. The summed E-state index contributed by atoms with van der Waals surface area (Å²) >= 11 is 10.4. The molecule has 0 saturated heterocycles. The SMILES string of the molecule is Brc1cc(Oc2ccccc2)cc(Br)c1Br. The molecule has 0 fully saturated rings. The Morgan fingerprint density at radius 2 is 1.31 bits per heavy atom. The number of ether oxygens (including phenoxy) is 1. The molecule has 16 heavy (non-hydrogen) atoms. The predicted octanol–water partition coefficient (Wildman–Crippen LogP) is 5.77. The third kappa shape index (κ3) is 2.87. The van der Waals surface area contributed by atoms with Crippen molar-refractivity contribution < 1.29 is 4.74 Å². The molecular weight excluding hydrogens is 400 g/mol. The second-order valence-electron chi connectivity index (χ2n) is 3.12. The molecule has 0 aliphatic heterocycles. The highest BCUT2D eigenvalue weighted by molar-refractivity contribution is 9.14. The maximum absolute atomic E-state index is 5.71. The molecule has 0 spiro atoms. The van der Waals surface area contributed by atoms with Gasteiger partial charge < -0.3 is 4.74 Å². The number of hydrogen-bond acceptors (Lipinski definition) is 1. The van der Waals surface area contributed by atoms with Crippen molar-refractivity contribution in [3.8, 4) is 11.5 Å². The molecule has 0 saturated carbocycles. The van der Waals surface area contributed by atoms with E-state index in [0.717, 1.165) is 24.9 Å². The Morgan fingerprint density at radius 1 is 0.750 bits per heavy atom. The monoisotopic (exact) mass is 404 g/mol. The van der Waals surface area contributed by atoms with Crippen LogP contribution in [0, 0.1) is 0 Å². The van der Waals surface area contributed by atoms with E-state index in [1.807, 2.05) is 42.5 Å². The molecule has 2 rings (SSSR count). The van der Waals surface area contributed by atoms with Gasteiger partial charge in [-0.15, -0.1) is 0 Å².